The average molecular weight is 234 g/mol. The maximum atomic E-state index is 11.9. The monoisotopic (exact) mass is 234 g/mol. The fourth-order valence-corrected chi connectivity index (χ4v) is 2.77. The van der Waals surface area contributed by atoms with Crippen molar-refractivity contribution in [2.45, 2.75) is 49.9 Å². The van der Waals surface area contributed by atoms with Gasteiger partial charge in [-0.15, -0.1) is 0 Å². The Balaban J connectivity index is 1.86. The van der Waals surface area contributed by atoms with E-state index in [0.717, 1.165) is 25.1 Å². The summed E-state index contributed by atoms with van der Waals surface area (Å²) in [6.45, 7) is 0. The second-order valence-electron chi connectivity index (χ2n) is 5.24. The molecule has 0 spiro atoms. The number of H-pyrrole nitrogens is 1. The number of aromatic nitrogens is 2. The van der Waals surface area contributed by atoms with Gasteiger partial charge in [0.25, 0.3) is 0 Å². The number of carbonyl (C=O) groups is 1. The molecule has 2 aliphatic rings. The summed E-state index contributed by atoms with van der Waals surface area (Å²) in [4.78, 5) is 19.7. The highest BCUT2D eigenvalue weighted by atomic mass is 16.5. The zero-order valence-corrected chi connectivity index (χ0v) is 10.2. The summed E-state index contributed by atoms with van der Waals surface area (Å²) in [5.41, 5.74) is 0.720. The van der Waals surface area contributed by atoms with Crippen LogP contribution in [0.2, 0.25) is 0 Å². The van der Waals surface area contributed by atoms with Crippen molar-refractivity contribution in [1.29, 1.82) is 0 Å². The van der Waals surface area contributed by atoms with Crippen molar-refractivity contribution < 1.29 is 9.53 Å². The Labute approximate surface area is 101 Å². The first-order chi connectivity index (χ1) is 8.26. The summed E-state index contributed by atoms with van der Waals surface area (Å²) in [5, 5.41) is 0. The molecule has 1 N–H and O–H groups in total. The number of aromatic amines is 1. The molecular formula is C13H18N2O2. The molecule has 3 rings (SSSR count). The van der Waals surface area contributed by atoms with Crippen LogP contribution in [0.25, 0.3) is 0 Å². The summed E-state index contributed by atoms with van der Waals surface area (Å²) < 4.78 is 4.92. The van der Waals surface area contributed by atoms with Gasteiger partial charge in [-0.2, -0.15) is 0 Å². The molecule has 1 heterocycles. The topological polar surface area (TPSA) is 55.0 Å². The van der Waals surface area contributed by atoms with Crippen LogP contribution in [-0.4, -0.2) is 23.0 Å². The first kappa shape index (κ1) is 10.8. The molecule has 2 saturated carbocycles. The van der Waals surface area contributed by atoms with E-state index in [1.807, 2.05) is 6.20 Å². The fourth-order valence-electron chi connectivity index (χ4n) is 2.77. The third-order valence-corrected chi connectivity index (χ3v) is 4.38. The Morgan fingerprint density at radius 2 is 2.24 bits per heavy atom. The normalized spacial score (nSPS) is 22.6. The molecule has 0 radical (unpaired) electrons. The zero-order chi connectivity index (χ0) is 11.9. The van der Waals surface area contributed by atoms with Gasteiger partial charge in [-0.1, -0.05) is 12.8 Å². The lowest BCUT2D eigenvalue weighted by Crippen LogP contribution is -2.44. The van der Waals surface area contributed by atoms with E-state index in [9.17, 15) is 4.79 Å². The number of methoxy groups -OCH3 is 1. The molecule has 0 aliphatic heterocycles. The predicted molar refractivity (Wildman–Crippen MR) is 62.7 cm³/mol. The van der Waals surface area contributed by atoms with Crippen molar-refractivity contribution in [3.63, 3.8) is 0 Å². The first-order valence-electron chi connectivity index (χ1n) is 6.40. The van der Waals surface area contributed by atoms with E-state index in [-0.39, 0.29) is 5.97 Å². The maximum absolute atomic E-state index is 11.9. The van der Waals surface area contributed by atoms with Crippen molar-refractivity contribution in [3.8, 4) is 0 Å². The van der Waals surface area contributed by atoms with Crippen LogP contribution in [0, 0.1) is 0 Å². The molecule has 0 bridgehead atoms. The van der Waals surface area contributed by atoms with E-state index >= 15 is 0 Å². The number of nitrogens with zero attached hydrogens (tertiary/aromatic N) is 1. The van der Waals surface area contributed by atoms with Crippen LogP contribution in [0.5, 0.6) is 0 Å². The largest absolute Gasteiger partial charge is 0.468 e. The number of ether oxygens (including phenoxy) is 1. The molecule has 0 saturated heterocycles. The van der Waals surface area contributed by atoms with Crippen molar-refractivity contribution in [3.05, 3.63) is 17.7 Å². The van der Waals surface area contributed by atoms with E-state index in [1.54, 1.807) is 0 Å². The van der Waals surface area contributed by atoms with Gasteiger partial charge < -0.3 is 9.72 Å². The maximum Gasteiger partial charge on any atom is 0.319 e. The quantitative estimate of drug-likeness (QED) is 0.816. The van der Waals surface area contributed by atoms with Crippen LogP contribution in [0.1, 0.15) is 56.0 Å². The molecule has 0 atom stereocenters. The highest BCUT2D eigenvalue weighted by Gasteiger charge is 2.49. The first-order valence-corrected chi connectivity index (χ1v) is 6.40. The minimum Gasteiger partial charge on any atom is -0.468 e. The average Bonchev–Trinajstić information content (AvgIpc) is 2.62. The van der Waals surface area contributed by atoms with Gasteiger partial charge in [0, 0.05) is 17.8 Å². The molecule has 4 heteroatoms. The summed E-state index contributed by atoms with van der Waals surface area (Å²) in [5.74, 6) is 1.31. The third kappa shape index (κ3) is 1.50. The van der Waals surface area contributed by atoms with Gasteiger partial charge in [0.2, 0.25) is 0 Å². The minimum absolute atomic E-state index is 0.141. The lowest BCUT2D eigenvalue weighted by Gasteiger charge is -2.37. The van der Waals surface area contributed by atoms with Crippen LogP contribution >= 0.6 is 0 Å². The lowest BCUT2D eigenvalue weighted by molar-refractivity contribution is -0.151. The zero-order valence-electron chi connectivity index (χ0n) is 10.2. The second-order valence-corrected chi connectivity index (χ2v) is 5.24. The van der Waals surface area contributed by atoms with E-state index in [1.165, 1.54) is 32.1 Å². The molecule has 92 valence electrons. The van der Waals surface area contributed by atoms with Gasteiger partial charge in [-0.25, -0.2) is 4.98 Å². The van der Waals surface area contributed by atoms with Crippen LogP contribution in [0.4, 0.5) is 0 Å². The van der Waals surface area contributed by atoms with Crippen LogP contribution < -0.4 is 0 Å². The summed E-state index contributed by atoms with van der Waals surface area (Å²) in [6, 6.07) is 0. The van der Waals surface area contributed by atoms with Crippen molar-refractivity contribution in [2.24, 2.45) is 0 Å². The smallest absolute Gasteiger partial charge is 0.319 e. The highest BCUT2D eigenvalue weighted by Crippen LogP contribution is 2.44. The third-order valence-electron chi connectivity index (χ3n) is 4.38. The molecule has 4 nitrogen and oxygen atoms in total. The summed E-state index contributed by atoms with van der Waals surface area (Å²) in [6.07, 6.45) is 8.49. The highest BCUT2D eigenvalue weighted by molar-refractivity contribution is 5.83. The molecule has 0 amide bonds. The van der Waals surface area contributed by atoms with Gasteiger partial charge in [0.1, 0.15) is 11.2 Å². The van der Waals surface area contributed by atoms with Gasteiger partial charge >= 0.3 is 5.97 Å². The number of carbonyl (C=O) groups excluding carboxylic acids is 1. The number of nitrogens with one attached hydrogen (secondary N) is 1. The predicted octanol–water partition coefficient (Wildman–Crippen LogP) is 2.27. The van der Waals surface area contributed by atoms with E-state index in [4.69, 9.17) is 4.74 Å². The van der Waals surface area contributed by atoms with E-state index < -0.39 is 5.41 Å². The van der Waals surface area contributed by atoms with Gasteiger partial charge in [-0.05, 0) is 25.7 Å². The lowest BCUT2D eigenvalue weighted by atomic mass is 9.68. The number of esters is 1. The van der Waals surface area contributed by atoms with Crippen LogP contribution in [-0.2, 0) is 14.9 Å². The van der Waals surface area contributed by atoms with Gasteiger partial charge in [0.15, 0.2) is 0 Å². The molecular weight excluding hydrogens is 216 g/mol. The summed E-state index contributed by atoms with van der Waals surface area (Å²) >= 11 is 0. The van der Waals surface area contributed by atoms with Gasteiger partial charge in [-0.3, -0.25) is 4.79 Å². The number of imidazole rings is 1. The Morgan fingerprint density at radius 1 is 1.47 bits per heavy atom. The van der Waals surface area contributed by atoms with Crippen molar-refractivity contribution >= 4 is 5.97 Å². The minimum atomic E-state index is -0.475. The Morgan fingerprint density at radius 3 is 2.71 bits per heavy atom. The molecule has 2 aliphatic carbocycles. The number of hydrogen-bond donors (Lipinski definition) is 1. The summed E-state index contributed by atoms with van der Waals surface area (Å²) in [7, 11) is 1.46. The Bertz CT molecular complexity index is 430. The van der Waals surface area contributed by atoms with Crippen molar-refractivity contribution in [1.82, 2.24) is 9.97 Å². The molecule has 2 fully saturated rings. The fraction of sp³-hybridized carbons (Fsp3) is 0.692. The molecule has 1 aromatic rings. The second kappa shape index (κ2) is 3.86. The van der Waals surface area contributed by atoms with Crippen LogP contribution in [0.15, 0.2) is 6.20 Å². The Hall–Kier alpha value is -1.32. The molecule has 1 aromatic heterocycles. The Kier molecular flexibility index (Phi) is 2.45. The standard InChI is InChI=1S/C13H18N2O2/c1-17-12(16)13(6-3-7-13)11-14-8-10(15-11)9-4-2-5-9/h8-9H,2-7H2,1H3,(H,14,15). The SMILES string of the molecule is COC(=O)C1(c2ncc(C3CCC3)[nH]2)CCC1. The number of rotatable bonds is 3. The number of hydrogen-bond acceptors (Lipinski definition) is 3. The van der Waals surface area contributed by atoms with Gasteiger partial charge in [0.05, 0.1) is 7.11 Å². The van der Waals surface area contributed by atoms with Crippen molar-refractivity contribution in [2.75, 3.05) is 7.11 Å². The van der Waals surface area contributed by atoms with Crippen LogP contribution in [0.3, 0.4) is 0 Å². The molecule has 0 unspecified atom stereocenters. The van der Waals surface area contributed by atoms with E-state index in [0.29, 0.717) is 5.92 Å². The molecule has 17 heavy (non-hydrogen) atoms. The van der Waals surface area contributed by atoms with E-state index in [2.05, 4.69) is 9.97 Å². The molecule has 0 aromatic carbocycles.